The van der Waals surface area contributed by atoms with E-state index in [9.17, 15) is 13.6 Å². The molecule has 1 aromatic carbocycles. The molecule has 1 N–H and O–H groups in total. The van der Waals surface area contributed by atoms with Crippen LogP contribution in [0.5, 0.6) is 5.75 Å². The minimum Gasteiger partial charge on any atom is -0.497 e. The highest BCUT2D eigenvalue weighted by Crippen LogP contribution is 2.21. The molecule has 0 atom stereocenters. The average molecular weight is 294 g/mol. The molecule has 0 fully saturated rings. The van der Waals surface area contributed by atoms with Crippen LogP contribution in [0, 0.1) is 0 Å². The number of hydrogen-bond acceptors (Lipinski definition) is 4. The third kappa shape index (κ3) is 3.50. The molecular weight excluding hydrogens is 282 g/mol. The number of aromatic carboxylic acids is 1. The minimum absolute atomic E-state index is 0.128. The van der Waals surface area contributed by atoms with Gasteiger partial charge in [-0.1, -0.05) is 12.1 Å². The molecule has 0 radical (unpaired) electrons. The third-order valence-corrected chi connectivity index (χ3v) is 2.80. The zero-order valence-corrected chi connectivity index (χ0v) is 11.1. The first-order valence-corrected chi connectivity index (χ1v) is 6.01. The predicted octanol–water partition coefficient (Wildman–Crippen LogP) is 2.71. The van der Waals surface area contributed by atoms with Crippen LogP contribution in [0.1, 0.15) is 33.9 Å². The van der Waals surface area contributed by atoms with Gasteiger partial charge >= 0.3 is 5.97 Å². The first-order valence-electron chi connectivity index (χ1n) is 6.01. The van der Waals surface area contributed by atoms with E-state index in [-0.39, 0.29) is 12.2 Å². The van der Waals surface area contributed by atoms with Crippen molar-refractivity contribution >= 4 is 5.97 Å². The zero-order chi connectivity index (χ0) is 15.4. The Morgan fingerprint density at radius 1 is 1.43 bits per heavy atom. The molecule has 2 aromatic rings. The van der Waals surface area contributed by atoms with E-state index in [4.69, 9.17) is 9.84 Å². The molecule has 0 saturated carbocycles. The van der Waals surface area contributed by atoms with Crippen molar-refractivity contribution in [1.29, 1.82) is 0 Å². The molecule has 0 aliphatic rings. The number of rotatable bonds is 5. The van der Waals surface area contributed by atoms with Crippen LogP contribution >= 0.6 is 0 Å². The summed E-state index contributed by atoms with van der Waals surface area (Å²) in [6.07, 6.45) is -1.86. The molecule has 21 heavy (non-hydrogen) atoms. The maximum atomic E-state index is 12.9. The van der Waals surface area contributed by atoms with Crippen LogP contribution in [-0.2, 0) is 6.42 Å². The first kappa shape index (κ1) is 14.8. The summed E-state index contributed by atoms with van der Waals surface area (Å²) in [4.78, 5) is 18.3. The van der Waals surface area contributed by atoms with Gasteiger partial charge in [-0.25, -0.2) is 23.5 Å². The maximum Gasteiger partial charge on any atom is 0.339 e. The molecule has 1 aromatic heterocycles. The predicted molar refractivity (Wildman–Crippen MR) is 69.7 cm³/mol. The van der Waals surface area contributed by atoms with Crippen LogP contribution in [0.15, 0.2) is 30.5 Å². The van der Waals surface area contributed by atoms with Gasteiger partial charge in [-0.3, -0.25) is 0 Å². The molecule has 0 spiro atoms. The monoisotopic (exact) mass is 294 g/mol. The van der Waals surface area contributed by atoms with Gasteiger partial charge in [-0.15, -0.1) is 0 Å². The average Bonchev–Trinajstić information content (AvgIpc) is 2.47. The number of halogens is 2. The number of methoxy groups -OCH3 is 1. The van der Waals surface area contributed by atoms with E-state index in [2.05, 4.69) is 9.97 Å². The van der Waals surface area contributed by atoms with Crippen molar-refractivity contribution in [2.45, 2.75) is 12.8 Å². The van der Waals surface area contributed by atoms with Crippen LogP contribution in [0.4, 0.5) is 8.78 Å². The van der Waals surface area contributed by atoms with Crippen LogP contribution in [0.2, 0.25) is 0 Å². The number of hydrogen-bond donors (Lipinski definition) is 1. The Kier molecular flexibility index (Phi) is 4.42. The van der Waals surface area contributed by atoms with Gasteiger partial charge in [0.2, 0.25) is 0 Å². The Balaban J connectivity index is 2.32. The lowest BCUT2D eigenvalue weighted by atomic mass is 10.1. The fourth-order valence-electron chi connectivity index (χ4n) is 1.81. The zero-order valence-electron chi connectivity index (χ0n) is 11.1. The number of carbonyl (C=O) groups is 1. The van der Waals surface area contributed by atoms with E-state index >= 15 is 0 Å². The van der Waals surface area contributed by atoms with Gasteiger partial charge in [0.1, 0.15) is 22.8 Å². The summed E-state index contributed by atoms with van der Waals surface area (Å²) in [5.74, 6) is -0.717. The highest BCUT2D eigenvalue weighted by molar-refractivity contribution is 5.88. The van der Waals surface area contributed by atoms with Gasteiger partial charge in [0.05, 0.1) is 7.11 Å². The van der Waals surface area contributed by atoms with E-state index in [1.165, 1.54) is 7.11 Å². The molecule has 110 valence electrons. The number of ether oxygens (including phenoxy) is 1. The summed E-state index contributed by atoms with van der Waals surface area (Å²) < 4.78 is 30.8. The van der Waals surface area contributed by atoms with Crippen molar-refractivity contribution in [2.24, 2.45) is 0 Å². The van der Waals surface area contributed by atoms with Crippen molar-refractivity contribution in [3.05, 3.63) is 53.1 Å². The molecule has 0 aliphatic heterocycles. The highest BCUT2D eigenvalue weighted by atomic mass is 19.3. The normalized spacial score (nSPS) is 10.7. The fourth-order valence-corrected chi connectivity index (χ4v) is 1.81. The highest BCUT2D eigenvalue weighted by Gasteiger charge is 2.21. The van der Waals surface area contributed by atoms with E-state index < -0.39 is 23.7 Å². The molecule has 0 bridgehead atoms. The lowest BCUT2D eigenvalue weighted by Crippen LogP contribution is -2.09. The Morgan fingerprint density at radius 2 is 2.19 bits per heavy atom. The van der Waals surface area contributed by atoms with Crippen molar-refractivity contribution in [3.8, 4) is 5.75 Å². The molecule has 2 rings (SSSR count). The number of benzene rings is 1. The van der Waals surface area contributed by atoms with Crippen LogP contribution in [-0.4, -0.2) is 28.2 Å². The van der Waals surface area contributed by atoms with Gasteiger partial charge in [-0.2, -0.15) is 0 Å². The van der Waals surface area contributed by atoms with Crippen molar-refractivity contribution in [1.82, 2.24) is 9.97 Å². The Bertz CT molecular complexity index is 662. The topological polar surface area (TPSA) is 72.3 Å². The molecule has 0 saturated heterocycles. The molecule has 0 aliphatic carbocycles. The Labute approximate surface area is 119 Å². The second kappa shape index (κ2) is 6.25. The molecule has 7 heteroatoms. The SMILES string of the molecule is COc1cccc(Cc2ncc(C(=O)O)c(C(F)F)n2)c1. The van der Waals surface area contributed by atoms with E-state index in [0.29, 0.717) is 5.75 Å². The van der Waals surface area contributed by atoms with Crippen molar-refractivity contribution in [3.63, 3.8) is 0 Å². The van der Waals surface area contributed by atoms with Gasteiger partial charge < -0.3 is 9.84 Å². The molecular formula is C14H12F2N2O3. The maximum absolute atomic E-state index is 12.9. The van der Waals surface area contributed by atoms with Crippen LogP contribution < -0.4 is 4.74 Å². The smallest absolute Gasteiger partial charge is 0.339 e. The minimum atomic E-state index is -2.97. The third-order valence-electron chi connectivity index (χ3n) is 2.80. The number of aromatic nitrogens is 2. The van der Waals surface area contributed by atoms with Crippen molar-refractivity contribution < 1.29 is 23.4 Å². The molecule has 0 unspecified atom stereocenters. The second-order valence-electron chi connectivity index (χ2n) is 4.22. The van der Waals surface area contributed by atoms with Gasteiger partial charge in [-0.05, 0) is 17.7 Å². The quantitative estimate of drug-likeness (QED) is 0.918. The summed E-state index contributed by atoms with van der Waals surface area (Å²) in [7, 11) is 1.52. The largest absolute Gasteiger partial charge is 0.497 e. The van der Waals surface area contributed by atoms with Crippen LogP contribution in [0.25, 0.3) is 0 Å². The Hall–Kier alpha value is -2.57. The van der Waals surface area contributed by atoms with Gasteiger partial charge in [0.15, 0.2) is 0 Å². The fraction of sp³-hybridized carbons (Fsp3) is 0.214. The summed E-state index contributed by atoms with van der Waals surface area (Å²) in [5.41, 5.74) is -0.576. The van der Waals surface area contributed by atoms with E-state index in [1.54, 1.807) is 24.3 Å². The van der Waals surface area contributed by atoms with Crippen molar-refractivity contribution in [2.75, 3.05) is 7.11 Å². The van der Waals surface area contributed by atoms with E-state index in [1.807, 2.05) is 0 Å². The molecule has 0 amide bonds. The van der Waals surface area contributed by atoms with E-state index in [0.717, 1.165) is 11.8 Å². The summed E-state index contributed by atoms with van der Waals surface area (Å²) >= 11 is 0. The summed E-state index contributed by atoms with van der Waals surface area (Å²) in [6, 6.07) is 7.02. The first-order chi connectivity index (χ1) is 10.0. The second-order valence-corrected chi connectivity index (χ2v) is 4.22. The summed E-state index contributed by atoms with van der Waals surface area (Å²) in [6.45, 7) is 0. The molecule has 5 nitrogen and oxygen atoms in total. The van der Waals surface area contributed by atoms with Crippen LogP contribution in [0.3, 0.4) is 0 Å². The number of nitrogens with zero attached hydrogens (tertiary/aromatic N) is 2. The standard InChI is InChI=1S/C14H12F2N2O3/c1-21-9-4-2-3-8(5-9)6-11-17-7-10(14(19)20)12(18-11)13(15)16/h2-5,7,13H,6H2,1H3,(H,19,20). The number of carboxylic acids is 1. The molecule has 1 heterocycles. The lowest BCUT2D eigenvalue weighted by molar-refractivity contribution is 0.0681. The summed E-state index contributed by atoms with van der Waals surface area (Å²) in [5, 5.41) is 8.83. The number of carboxylic acid groups (broad SMARTS) is 1. The van der Waals surface area contributed by atoms with Gasteiger partial charge in [0, 0.05) is 12.6 Å². The lowest BCUT2D eigenvalue weighted by Gasteiger charge is -2.07. The Morgan fingerprint density at radius 3 is 2.81 bits per heavy atom. The van der Waals surface area contributed by atoms with Gasteiger partial charge in [0.25, 0.3) is 6.43 Å². The number of alkyl halides is 2.